The van der Waals surface area contributed by atoms with Gasteiger partial charge in [-0.25, -0.2) is 13.6 Å². The predicted octanol–water partition coefficient (Wildman–Crippen LogP) is 0.101. The van der Waals surface area contributed by atoms with Gasteiger partial charge in [0.2, 0.25) is 6.43 Å². The van der Waals surface area contributed by atoms with Gasteiger partial charge in [0.25, 0.3) is 0 Å². The number of alkyl carbamates (subject to hydrolysis) is 1. The maximum Gasteiger partial charge on any atom is 0.412 e. The standard InChI is InChI=1S/C6H9F2NO4/c7-4(8)2-1-3-13-6(12)9-5(10)11/h4H,1-3H2,(H,9,12)(H,10,11)/p-1. The van der Waals surface area contributed by atoms with E-state index in [1.807, 2.05) is 0 Å². The lowest BCUT2D eigenvalue weighted by Crippen LogP contribution is -2.40. The summed E-state index contributed by atoms with van der Waals surface area (Å²) in [4.78, 5) is 20.1. The number of alkyl halides is 2. The highest BCUT2D eigenvalue weighted by Crippen LogP contribution is 2.02. The molecule has 2 amide bonds. The second-order valence-electron chi connectivity index (χ2n) is 2.08. The van der Waals surface area contributed by atoms with E-state index in [0.717, 1.165) is 0 Å². The van der Waals surface area contributed by atoms with Gasteiger partial charge in [-0.15, -0.1) is 0 Å². The summed E-state index contributed by atoms with van der Waals surface area (Å²) in [6, 6.07) is 0. The molecule has 0 aliphatic carbocycles. The Hall–Kier alpha value is -1.40. The zero-order valence-electron chi connectivity index (χ0n) is 6.59. The minimum absolute atomic E-state index is 0.0157. The summed E-state index contributed by atoms with van der Waals surface area (Å²) in [6.45, 7) is -0.247. The lowest BCUT2D eigenvalue weighted by Gasteiger charge is -2.06. The van der Waals surface area contributed by atoms with Crippen LogP contribution in [0.15, 0.2) is 0 Å². The minimum Gasteiger partial charge on any atom is -0.530 e. The fourth-order valence-electron chi connectivity index (χ4n) is 0.522. The summed E-state index contributed by atoms with van der Waals surface area (Å²) in [6.07, 6.45) is -5.86. The average molecular weight is 196 g/mol. The van der Waals surface area contributed by atoms with Crippen LogP contribution in [0.1, 0.15) is 12.8 Å². The number of amides is 2. The zero-order valence-corrected chi connectivity index (χ0v) is 6.59. The largest absolute Gasteiger partial charge is 0.530 e. The van der Waals surface area contributed by atoms with E-state index in [1.54, 1.807) is 0 Å². The van der Waals surface area contributed by atoms with E-state index in [2.05, 4.69) is 4.74 Å². The summed E-state index contributed by atoms with van der Waals surface area (Å²) in [7, 11) is 0. The zero-order chi connectivity index (χ0) is 10.3. The van der Waals surface area contributed by atoms with Crippen LogP contribution in [0.3, 0.4) is 0 Å². The first-order valence-corrected chi connectivity index (χ1v) is 3.45. The number of hydrogen-bond donors (Lipinski definition) is 1. The van der Waals surface area contributed by atoms with Crippen LogP contribution in [-0.2, 0) is 4.74 Å². The molecule has 0 bridgehead atoms. The Morgan fingerprint density at radius 3 is 2.54 bits per heavy atom. The van der Waals surface area contributed by atoms with Gasteiger partial charge in [0.1, 0.15) is 6.09 Å². The number of hydrogen-bond acceptors (Lipinski definition) is 4. The number of halogens is 2. The van der Waals surface area contributed by atoms with Crippen LogP contribution < -0.4 is 10.4 Å². The van der Waals surface area contributed by atoms with Gasteiger partial charge in [0.05, 0.1) is 6.61 Å². The molecule has 0 unspecified atom stereocenters. The monoisotopic (exact) mass is 196 g/mol. The van der Waals surface area contributed by atoms with Crippen molar-refractivity contribution in [2.75, 3.05) is 6.61 Å². The molecule has 1 N–H and O–H groups in total. The molecule has 0 heterocycles. The van der Waals surface area contributed by atoms with E-state index >= 15 is 0 Å². The number of carbonyl (C=O) groups is 2. The molecule has 0 aliphatic rings. The number of carboxylic acid groups (broad SMARTS) is 1. The predicted molar refractivity (Wildman–Crippen MR) is 35.1 cm³/mol. The summed E-state index contributed by atoms with van der Waals surface area (Å²) < 4.78 is 27.2. The highest BCUT2D eigenvalue weighted by atomic mass is 19.3. The summed E-state index contributed by atoms with van der Waals surface area (Å²) >= 11 is 0. The normalized spacial score (nSPS) is 9.77. The van der Waals surface area contributed by atoms with Gasteiger partial charge in [-0.1, -0.05) is 0 Å². The van der Waals surface area contributed by atoms with Crippen molar-refractivity contribution in [3.8, 4) is 0 Å². The fourth-order valence-corrected chi connectivity index (χ4v) is 0.522. The fraction of sp³-hybridized carbons (Fsp3) is 0.667. The second kappa shape index (κ2) is 6.15. The molecular formula is C6H8F2NO4-. The third-order valence-electron chi connectivity index (χ3n) is 1.00. The molecule has 0 aromatic carbocycles. The molecule has 0 fully saturated rings. The van der Waals surface area contributed by atoms with Crippen molar-refractivity contribution in [1.82, 2.24) is 5.32 Å². The van der Waals surface area contributed by atoms with E-state index in [-0.39, 0.29) is 13.0 Å². The van der Waals surface area contributed by atoms with Crippen molar-refractivity contribution in [2.24, 2.45) is 0 Å². The van der Waals surface area contributed by atoms with Crippen molar-refractivity contribution < 1.29 is 28.2 Å². The van der Waals surface area contributed by atoms with E-state index in [1.165, 1.54) is 5.32 Å². The third kappa shape index (κ3) is 8.51. The van der Waals surface area contributed by atoms with Crippen LogP contribution in [0, 0.1) is 0 Å². The molecule has 13 heavy (non-hydrogen) atoms. The molecule has 0 aromatic heterocycles. The lowest BCUT2D eigenvalue weighted by atomic mass is 10.3. The molecule has 0 saturated carbocycles. The molecule has 0 spiro atoms. The first-order chi connectivity index (χ1) is 6.02. The minimum atomic E-state index is -2.45. The lowest BCUT2D eigenvalue weighted by molar-refractivity contribution is -0.249. The van der Waals surface area contributed by atoms with Crippen molar-refractivity contribution in [1.29, 1.82) is 0 Å². The molecule has 0 aromatic rings. The quantitative estimate of drug-likeness (QED) is 0.647. The van der Waals surface area contributed by atoms with Crippen LogP contribution >= 0.6 is 0 Å². The smallest absolute Gasteiger partial charge is 0.412 e. The summed E-state index contributed by atoms with van der Waals surface area (Å²) in [5.41, 5.74) is 0. The SMILES string of the molecule is O=C([O-])NC(=O)OCCCC(F)F. The third-order valence-corrected chi connectivity index (χ3v) is 1.00. The maximum atomic E-state index is 11.5. The van der Waals surface area contributed by atoms with Crippen molar-refractivity contribution >= 4 is 12.2 Å². The molecule has 0 radical (unpaired) electrons. The second-order valence-corrected chi connectivity index (χ2v) is 2.08. The van der Waals surface area contributed by atoms with Gasteiger partial charge in [0.15, 0.2) is 0 Å². The Morgan fingerprint density at radius 2 is 2.08 bits per heavy atom. The topological polar surface area (TPSA) is 78.5 Å². The molecule has 0 aliphatic heterocycles. The van der Waals surface area contributed by atoms with Gasteiger partial charge >= 0.3 is 6.09 Å². The van der Waals surface area contributed by atoms with Crippen molar-refractivity contribution in [3.63, 3.8) is 0 Å². The van der Waals surface area contributed by atoms with Gasteiger partial charge in [-0.2, -0.15) is 0 Å². The van der Waals surface area contributed by atoms with Crippen LogP contribution in [0.4, 0.5) is 18.4 Å². The number of rotatable bonds is 4. The molecule has 7 heteroatoms. The number of carbonyl (C=O) groups excluding carboxylic acids is 2. The summed E-state index contributed by atoms with van der Waals surface area (Å²) in [5, 5.41) is 11.0. The van der Waals surface area contributed by atoms with Gasteiger partial charge in [-0.05, 0) is 6.42 Å². The van der Waals surface area contributed by atoms with Gasteiger partial charge < -0.3 is 14.6 Å². The molecular weight excluding hydrogens is 188 g/mol. The van der Waals surface area contributed by atoms with Gasteiger partial charge in [0, 0.05) is 6.42 Å². The van der Waals surface area contributed by atoms with E-state index in [9.17, 15) is 23.5 Å². The Kier molecular flexibility index (Phi) is 5.49. The van der Waals surface area contributed by atoms with E-state index in [4.69, 9.17) is 0 Å². The van der Waals surface area contributed by atoms with Crippen LogP contribution in [0.25, 0.3) is 0 Å². The molecule has 0 saturated heterocycles. The maximum absolute atomic E-state index is 11.5. The molecule has 0 atom stereocenters. The highest BCUT2D eigenvalue weighted by Gasteiger charge is 2.04. The Labute approximate surface area is 72.7 Å². The van der Waals surface area contributed by atoms with E-state index in [0.29, 0.717) is 0 Å². The van der Waals surface area contributed by atoms with Crippen LogP contribution in [0.2, 0.25) is 0 Å². The number of ether oxygens (including phenoxy) is 1. The average Bonchev–Trinajstić information content (AvgIpc) is 1.96. The van der Waals surface area contributed by atoms with Crippen molar-refractivity contribution in [3.05, 3.63) is 0 Å². The van der Waals surface area contributed by atoms with Gasteiger partial charge in [-0.3, -0.25) is 5.32 Å². The van der Waals surface area contributed by atoms with Crippen LogP contribution in [-0.4, -0.2) is 25.2 Å². The molecule has 5 nitrogen and oxygen atoms in total. The first kappa shape index (κ1) is 11.6. The molecule has 0 rings (SSSR count). The Bertz CT molecular complexity index is 185. The number of nitrogens with one attached hydrogen (secondary N) is 1. The molecule has 76 valence electrons. The Morgan fingerprint density at radius 1 is 1.46 bits per heavy atom. The Balaban J connectivity index is 3.32. The highest BCUT2D eigenvalue weighted by molar-refractivity contribution is 5.85. The summed E-state index contributed by atoms with van der Waals surface area (Å²) in [5.74, 6) is 0. The number of imide groups is 1. The first-order valence-electron chi connectivity index (χ1n) is 3.45. The van der Waals surface area contributed by atoms with Crippen molar-refractivity contribution in [2.45, 2.75) is 19.3 Å². The van der Waals surface area contributed by atoms with Crippen LogP contribution in [0.5, 0.6) is 0 Å². The van der Waals surface area contributed by atoms with E-state index < -0.39 is 25.0 Å².